The van der Waals surface area contributed by atoms with Gasteiger partial charge in [-0.05, 0) is 5.53 Å². The molecule has 6 atom stereocenters. The predicted octanol–water partition coefficient (Wildman–Crippen LogP) is -0.839. The zero-order valence-electron chi connectivity index (χ0n) is 14.6. The summed E-state index contributed by atoms with van der Waals surface area (Å²) in [5.41, 5.74) is 6.70. The number of nitrogens with zero attached hydrogens (tertiary/aromatic N) is 3. The van der Waals surface area contributed by atoms with E-state index >= 15 is 0 Å². The third-order valence-electron chi connectivity index (χ3n) is 4.13. The van der Waals surface area contributed by atoms with Gasteiger partial charge in [-0.1, -0.05) is 11.2 Å². The molecule has 0 radical (unpaired) electrons. The average molecular weight is 372 g/mol. The van der Waals surface area contributed by atoms with E-state index in [1.54, 1.807) is 0 Å². The first kappa shape index (κ1) is 21.9. The summed E-state index contributed by atoms with van der Waals surface area (Å²) in [5, 5.41) is 36.5. The molecule has 1 aliphatic rings. The summed E-state index contributed by atoms with van der Waals surface area (Å²) in [6.07, 6.45) is -4.71. The molecule has 1 saturated heterocycles. The van der Waals surface area contributed by atoms with Crippen molar-refractivity contribution < 1.29 is 34.4 Å². The minimum atomic E-state index is -1.67. The maximum absolute atomic E-state index is 12.3. The Morgan fingerprint density at radius 3 is 2.73 bits per heavy atom. The largest absolute Gasteiger partial charge is 0.467 e. The van der Waals surface area contributed by atoms with E-state index in [1.165, 1.54) is 13.0 Å². The molecule has 11 heteroatoms. The normalized spacial score (nSPS) is 30.4. The van der Waals surface area contributed by atoms with Gasteiger partial charge < -0.3 is 30.1 Å². The van der Waals surface area contributed by atoms with Crippen molar-refractivity contribution in [3.8, 4) is 0 Å². The molecule has 0 aromatic rings. The average Bonchev–Trinajstić information content (AvgIpc) is 2.60. The number of azide groups is 1. The Morgan fingerprint density at radius 1 is 1.58 bits per heavy atom. The van der Waals surface area contributed by atoms with Crippen molar-refractivity contribution in [3.05, 3.63) is 23.1 Å². The summed E-state index contributed by atoms with van der Waals surface area (Å²) in [6.45, 7) is 4.29. The third kappa shape index (κ3) is 4.93. The van der Waals surface area contributed by atoms with E-state index in [9.17, 15) is 24.9 Å². The number of ether oxygens (including phenoxy) is 2. The van der Waals surface area contributed by atoms with Crippen LogP contribution in [0.25, 0.3) is 10.4 Å². The third-order valence-corrected chi connectivity index (χ3v) is 4.13. The molecule has 26 heavy (non-hydrogen) atoms. The molecule has 1 amide bonds. The van der Waals surface area contributed by atoms with Crippen molar-refractivity contribution in [2.24, 2.45) is 5.11 Å². The van der Waals surface area contributed by atoms with E-state index in [0.29, 0.717) is 0 Å². The van der Waals surface area contributed by atoms with Crippen LogP contribution in [0.2, 0.25) is 0 Å². The minimum Gasteiger partial charge on any atom is -0.467 e. The summed E-state index contributed by atoms with van der Waals surface area (Å²) in [7, 11) is 1.14. The van der Waals surface area contributed by atoms with E-state index in [4.69, 9.17) is 15.0 Å². The van der Waals surface area contributed by atoms with Crippen LogP contribution >= 0.6 is 0 Å². The molecule has 146 valence electrons. The lowest BCUT2D eigenvalue weighted by atomic mass is 9.81. The van der Waals surface area contributed by atoms with Gasteiger partial charge >= 0.3 is 5.97 Å². The number of amides is 1. The fourth-order valence-corrected chi connectivity index (χ4v) is 2.97. The molecular weight excluding hydrogens is 348 g/mol. The number of aliphatic hydroxyl groups is 3. The summed E-state index contributed by atoms with van der Waals surface area (Å²) >= 11 is 0. The molecular formula is C15H24N4O7. The van der Waals surface area contributed by atoms with E-state index in [1.807, 2.05) is 0 Å². The number of nitrogens with one attached hydrogen (secondary N) is 1. The molecule has 0 bridgehead atoms. The van der Waals surface area contributed by atoms with Gasteiger partial charge in [-0.15, -0.1) is 6.58 Å². The van der Waals surface area contributed by atoms with E-state index in [-0.39, 0.29) is 12.8 Å². The van der Waals surface area contributed by atoms with Crippen molar-refractivity contribution in [2.45, 2.75) is 55.8 Å². The number of hydrogen-bond donors (Lipinski definition) is 4. The molecule has 0 saturated carbocycles. The van der Waals surface area contributed by atoms with Gasteiger partial charge in [-0.3, -0.25) is 4.79 Å². The van der Waals surface area contributed by atoms with Crippen LogP contribution < -0.4 is 5.32 Å². The molecule has 1 aliphatic heterocycles. The number of hydrogen-bond acceptors (Lipinski definition) is 8. The first-order valence-electron chi connectivity index (χ1n) is 7.91. The predicted molar refractivity (Wildman–Crippen MR) is 88.7 cm³/mol. The van der Waals surface area contributed by atoms with Crippen LogP contribution in [0.1, 0.15) is 19.8 Å². The van der Waals surface area contributed by atoms with Crippen molar-refractivity contribution in [1.82, 2.24) is 5.32 Å². The lowest BCUT2D eigenvalue weighted by molar-refractivity contribution is -0.228. The Balaban J connectivity index is 3.24. The van der Waals surface area contributed by atoms with E-state index < -0.39 is 54.5 Å². The Morgan fingerprint density at radius 2 is 2.23 bits per heavy atom. The highest BCUT2D eigenvalue weighted by Gasteiger charge is 2.54. The quantitative estimate of drug-likeness (QED) is 0.141. The van der Waals surface area contributed by atoms with Gasteiger partial charge in [0.25, 0.3) is 0 Å². The Hall–Kier alpha value is -2.17. The number of carbonyl (C=O) groups is 2. The second-order valence-electron chi connectivity index (χ2n) is 6.03. The monoisotopic (exact) mass is 372 g/mol. The lowest BCUT2D eigenvalue weighted by Gasteiger charge is -2.47. The fourth-order valence-electron chi connectivity index (χ4n) is 2.97. The highest BCUT2D eigenvalue weighted by Crippen LogP contribution is 2.35. The zero-order valence-corrected chi connectivity index (χ0v) is 14.6. The molecule has 1 unspecified atom stereocenters. The molecule has 1 heterocycles. The van der Waals surface area contributed by atoms with Gasteiger partial charge in [-0.2, -0.15) is 0 Å². The zero-order chi connectivity index (χ0) is 19.9. The first-order valence-corrected chi connectivity index (χ1v) is 7.91. The molecule has 1 fully saturated rings. The van der Waals surface area contributed by atoms with Crippen molar-refractivity contribution in [1.29, 1.82) is 0 Å². The van der Waals surface area contributed by atoms with Gasteiger partial charge in [0.05, 0.1) is 31.9 Å². The Bertz CT molecular complexity index is 580. The molecule has 1 rings (SSSR count). The summed E-state index contributed by atoms with van der Waals surface area (Å²) < 4.78 is 10.5. The highest BCUT2D eigenvalue weighted by molar-refractivity contribution is 5.80. The van der Waals surface area contributed by atoms with Crippen LogP contribution in [0, 0.1) is 0 Å². The number of methoxy groups -OCH3 is 1. The number of aliphatic hydroxyl groups excluding tert-OH is 3. The molecule has 0 aliphatic carbocycles. The molecule has 11 nitrogen and oxygen atoms in total. The highest BCUT2D eigenvalue weighted by atomic mass is 16.6. The Labute approximate surface area is 150 Å². The number of carbonyl (C=O) groups excluding carboxylic acids is 2. The van der Waals surface area contributed by atoms with Crippen LogP contribution in [0.3, 0.4) is 0 Å². The van der Waals surface area contributed by atoms with Gasteiger partial charge in [0, 0.05) is 24.7 Å². The van der Waals surface area contributed by atoms with Crippen molar-refractivity contribution in [2.75, 3.05) is 13.7 Å². The van der Waals surface area contributed by atoms with Gasteiger partial charge in [0.2, 0.25) is 5.91 Å². The van der Waals surface area contributed by atoms with Gasteiger partial charge in [-0.25, -0.2) is 4.79 Å². The lowest BCUT2D eigenvalue weighted by Crippen LogP contribution is -2.67. The van der Waals surface area contributed by atoms with Crippen LogP contribution in [-0.2, 0) is 19.1 Å². The van der Waals surface area contributed by atoms with Crippen LogP contribution in [0.5, 0.6) is 0 Å². The number of esters is 1. The number of rotatable bonds is 8. The van der Waals surface area contributed by atoms with Gasteiger partial charge in [0.15, 0.2) is 5.60 Å². The Kier molecular flexibility index (Phi) is 8.00. The van der Waals surface area contributed by atoms with Crippen LogP contribution in [0.4, 0.5) is 0 Å². The molecule has 0 aromatic carbocycles. The molecule has 4 N–H and O–H groups in total. The van der Waals surface area contributed by atoms with Crippen molar-refractivity contribution >= 4 is 11.9 Å². The maximum Gasteiger partial charge on any atom is 0.338 e. The maximum atomic E-state index is 12.3. The standard InChI is InChI=1S/C15H24N4O7/c1-4-5-15(14(24)25-3)6-9(21)11(18-8(2)20)13(26-15)12(23)10(22)7-17-19-16/h4,9-13,21-23H,1,5-7H2,2-3H3,(H,18,20)/t9-,10-,11-,12-,13?,15-/m1/s1. The second kappa shape index (κ2) is 9.51. The second-order valence-corrected chi connectivity index (χ2v) is 6.03. The minimum absolute atomic E-state index is 0.0286. The van der Waals surface area contributed by atoms with Crippen molar-refractivity contribution in [3.63, 3.8) is 0 Å². The smallest absolute Gasteiger partial charge is 0.338 e. The fraction of sp³-hybridized carbons (Fsp3) is 0.733. The van der Waals surface area contributed by atoms with Crippen LogP contribution in [0.15, 0.2) is 17.8 Å². The topological polar surface area (TPSA) is 174 Å². The summed E-state index contributed by atoms with van der Waals surface area (Å²) in [4.78, 5) is 26.2. The van der Waals surface area contributed by atoms with Gasteiger partial charge in [0.1, 0.15) is 12.2 Å². The summed E-state index contributed by atoms with van der Waals surface area (Å²) in [6, 6.07) is -1.11. The van der Waals surface area contributed by atoms with Crippen LogP contribution in [-0.4, -0.2) is 76.9 Å². The summed E-state index contributed by atoms with van der Waals surface area (Å²) in [5.74, 6) is -1.30. The van der Waals surface area contributed by atoms with E-state index in [2.05, 4.69) is 21.9 Å². The first-order chi connectivity index (χ1) is 12.2. The SMILES string of the molecule is C=CC[C@]1(C(=O)OC)C[C@@H](O)[C@@H](NC(C)=O)C([C@H](O)[C@H](O)CN=[N+]=[N-])O1. The molecule has 0 spiro atoms. The molecule has 0 aromatic heterocycles. The van der Waals surface area contributed by atoms with E-state index in [0.717, 1.165) is 7.11 Å².